The molecule has 110 valence electrons. The van der Waals surface area contributed by atoms with Gasteiger partial charge in [-0.3, -0.25) is 4.79 Å². The third-order valence-electron chi connectivity index (χ3n) is 3.08. The van der Waals surface area contributed by atoms with Crippen molar-refractivity contribution in [3.05, 3.63) is 56.6 Å². The summed E-state index contributed by atoms with van der Waals surface area (Å²) in [6.45, 7) is 2.64. The summed E-state index contributed by atoms with van der Waals surface area (Å²) in [5.74, 6) is -0.0818. The molecule has 0 fully saturated rings. The van der Waals surface area contributed by atoms with E-state index in [4.69, 9.17) is 17.3 Å². The van der Waals surface area contributed by atoms with Gasteiger partial charge in [0.05, 0.1) is 16.9 Å². The van der Waals surface area contributed by atoms with Crippen LogP contribution < -0.4 is 10.6 Å². The Morgan fingerprint density at radius 1 is 1.29 bits per heavy atom. The van der Waals surface area contributed by atoms with E-state index in [9.17, 15) is 4.79 Å². The molecule has 1 amide bonds. The summed E-state index contributed by atoms with van der Waals surface area (Å²) in [6, 6.07) is 12.7. The van der Waals surface area contributed by atoms with Crippen LogP contribution in [0.3, 0.4) is 0 Å². The van der Waals surface area contributed by atoms with Crippen molar-refractivity contribution in [2.75, 3.05) is 17.2 Å². The summed E-state index contributed by atoms with van der Waals surface area (Å²) in [6.07, 6.45) is 0.844. The molecule has 21 heavy (non-hydrogen) atoms. The Kier molecular flexibility index (Phi) is 5.47. The number of para-hydroxylation sites is 2. The van der Waals surface area contributed by atoms with Crippen LogP contribution in [0.25, 0.3) is 0 Å². The highest BCUT2D eigenvalue weighted by Crippen LogP contribution is 2.27. The molecule has 0 heterocycles. The molecule has 0 unspecified atom stereocenters. The first-order valence-electron chi connectivity index (χ1n) is 6.66. The predicted octanol–water partition coefficient (Wildman–Crippen LogP) is 4.58. The second-order valence-corrected chi connectivity index (χ2v) is 6.24. The molecule has 2 N–H and O–H groups in total. The Morgan fingerprint density at radius 3 is 2.67 bits per heavy atom. The molecular weight excluding hydrogens is 399 g/mol. The standard InChI is InChI=1S/C16H16ClIN2O/c1-2-9-20(15-6-4-3-5-14(15)19)16(21)12-10-11(17)7-8-13(12)18/h3-8,10H,2,9,19H2,1H3. The molecule has 0 atom stereocenters. The number of carbonyl (C=O) groups excluding carboxylic acids is 1. The monoisotopic (exact) mass is 414 g/mol. The van der Waals surface area contributed by atoms with Crippen LogP contribution in [0.2, 0.25) is 5.02 Å². The minimum atomic E-state index is -0.0818. The number of anilines is 2. The lowest BCUT2D eigenvalue weighted by molar-refractivity contribution is 0.0986. The maximum Gasteiger partial charge on any atom is 0.259 e. The number of nitrogens with zero attached hydrogens (tertiary/aromatic N) is 1. The molecule has 0 aliphatic heterocycles. The summed E-state index contributed by atoms with van der Waals surface area (Å²) >= 11 is 8.17. The lowest BCUT2D eigenvalue weighted by atomic mass is 10.1. The van der Waals surface area contributed by atoms with Gasteiger partial charge in [-0.2, -0.15) is 0 Å². The van der Waals surface area contributed by atoms with E-state index in [1.54, 1.807) is 23.1 Å². The van der Waals surface area contributed by atoms with Crippen LogP contribution in [-0.2, 0) is 0 Å². The van der Waals surface area contributed by atoms with E-state index in [0.717, 1.165) is 15.7 Å². The molecule has 2 rings (SSSR count). The first kappa shape index (κ1) is 16.1. The Labute approximate surface area is 143 Å². The van der Waals surface area contributed by atoms with Crippen molar-refractivity contribution in [1.29, 1.82) is 0 Å². The van der Waals surface area contributed by atoms with Gasteiger partial charge in [0.15, 0.2) is 0 Å². The van der Waals surface area contributed by atoms with Crippen molar-refractivity contribution in [2.45, 2.75) is 13.3 Å². The van der Waals surface area contributed by atoms with Crippen LogP contribution in [-0.4, -0.2) is 12.5 Å². The molecule has 0 radical (unpaired) electrons. The summed E-state index contributed by atoms with van der Waals surface area (Å²) in [7, 11) is 0. The average molecular weight is 415 g/mol. The zero-order valence-corrected chi connectivity index (χ0v) is 14.6. The zero-order valence-electron chi connectivity index (χ0n) is 11.6. The maximum absolute atomic E-state index is 12.9. The van der Waals surface area contributed by atoms with E-state index in [-0.39, 0.29) is 5.91 Å². The topological polar surface area (TPSA) is 46.3 Å². The number of halogens is 2. The fourth-order valence-corrected chi connectivity index (χ4v) is 2.83. The van der Waals surface area contributed by atoms with Crippen LogP contribution in [0.15, 0.2) is 42.5 Å². The fraction of sp³-hybridized carbons (Fsp3) is 0.188. The van der Waals surface area contributed by atoms with E-state index in [1.807, 2.05) is 31.2 Å². The fourth-order valence-electron chi connectivity index (χ4n) is 2.10. The Balaban J connectivity index is 2.45. The van der Waals surface area contributed by atoms with Gasteiger partial charge in [0.2, 0.25) is 0 Å². The maximum atomic E-state index is 12.9. The number of nitrogen functional groups attached to an aromatic ring is 1. The van der Waals surface area contributed by atoms with Crippen LogP contribution in [0, 0.1) is 3.57 Å². The molecule has 0 saturated heterocycles. The van der Waals surface area contributed by atoms with E-state index < -0.39 is 0 Å². The van der Waals surface area contributed by atoms with Gasteiger partial charge in [0.1, 0.15) is 0 Å². The van der Waals surface area contributed by atoms with Gasteiger partial charge in [-0.25, -0.2) is 0 Å². The van der Waals surface area contributed by atoms with E-state index in [2.05, 4.69) is 22.6 Å². The van der Waals surface area contributed by atoms with Gasteiger partial charge in [0.25, 0.3) is 5.91 Å². The summed E-state index contributed by atoms with van der Waals surface area (Å²) in [4.78, 5) is 14.6. The van der Waals surface area contributed by atoms with Gasteiger partial charge >= 0.3 is 0 Å². The first-order valence-corrected chi connectivity index (χ1v) is 8.11. The quantitative estimate of drug-likeness (QED) is 0.588. The third-order valence-corrected chi connectivity index (χ3v) is 4.25. The van der Waals surface area contributed by atoms with Gasteiger partial charge in [-0.05, 0) is 59.3 Å². The SMILES string of the molecule is CCCN(C(=O)c1cc(Cl)ccc1I)c1ccccc1N. The smallest absolute Gasteiger partial charge is 0.259 e. The molecular formula is C16H16ClIN2O. The number of hydrogen-bond acceptors (Lipinski definition) is 2. The van der Waals surface area contributed by atoms with E-state index >= 15 is 0 Å². The normalized spacial score (nSPS) is 10.4. The molecule has 3 nitrogen and oxygen atoms in total. The highest BCUT2D eigenvalue weighted by molar-refractivity contribution is 14.1. The lowest BCUT2D eigenvalue weighted by Gasteiger charge is -2.24. The van der Waals surface area contributed by atoms with E-state index in [0.29, 0.717) is 22.8 Å². The van der Waals surface area contributed by atoms with Gasteiger partial charge in [0, 0.05) is 15.1 Å². The molecule has 0 aliphatic rings. The number of benzene rings is 2. The van der Waals surface area contributed by atoms with Crippen LogP contribution in [0.4, 0.5) is 11.4 Å². The van der Waals surface area contributed by atoms with Gasteiger partial charge in [-0.15, -0.1) is 0 Å². The molecule has 0 bridgehead atoms. The third kappa shape index (κ3) is 3.68. The van der Waals surface area contributed by atoms with E-state index in [1.165, 1.54) is 0 Å². The highest BCUT2D eigenvalue weighted by Gasteiger charge is 2.21. The number of carbonyl (C=O) groups is 1. The minimum Gasteiger partial charge on any atom is -0.397 e. The molecule has 5 heteroatoms. The van der Waals surface area contributed by atoms with Crippen LogP contribution in [0.5, 0.6) is 0 Å². The van der Waals surface area contributed by atoms with Crippen molar-refractivity contribution in [2.24, 2.45) is 0 Å². The predicted molar refractivity (Wildman–Crippen MR) is 97.0 cm³/mol. The second kappa shape index (κ2) is 7.13. The number of nitrogens with two attached hydrogens (primary N) is 1. The Bertz CT molecular complexity index is 660. The van der Waals surface area contributed by atoms with Crippen molar-refractivity contribution < 1.29 is 4.79 Å². The average Bonchev–Trinajstić information content (AvgIpc) is 2.47. The van der Waals surface area contributed by atoms with Crippen LogP contribution >= 0.6 is 34.2 Å². The van der Waals surface area contributed by atoms with Crippen molar-refractivity contribution in [3.63, 3.8) is 0 Å². The lowest BCUT2D eigenvalue weighted by Crippen LogP contribution is -2.32. The Hall–Kier alpha value is -1.27. The van der Waals surface area contributed by atoms with Crippen LogP contribution in [0.1, 0.15) is 23.7 Å². The van der Waals surface area contributed by atoms with Crippen molar-refractivity contribution in [1.82, 2.24) is 0 Å². The second-order valence-electron chi connectivity index (χ2n) is 4.64. The summed E-state index contributed by atoms with van der Waals surface area (Å²) in [5, 5.41) is 0.552. The summed E-state index contributed by atoms with van der Waals surface area (Å²) in [5.41, 5.74) is 7.94. The molecule has 0 aliphatic carbocycles. The summed E-state index contributed by atoms with van der Waals surface area (Å²) < 4.78 is 0.873. The molecule has 2 aromatic rings. The molecule has 2 aromatic carbocycles. The van der Waals surface area contributed by atoms with Crippen molar-refractivity contribution in [3.8, 4) is 0 Å². The minimum absolute atomic E-state index is 0.0818. The first-order chi connectivity index (χ1) is 10.0. The largest absolute Gasteiger partial charge is 0.397 e. The number of rotatable bonds is 4. The number of hydrogen-bond donors (Lipinski definition) is 1. The molecule has 0 spiro atoms. The molecule has 0 aromatic heterocycles. The molecule has 0 saturated carbocycles. The number of amides is 1. The highest BCUT2D eigenvalue weighted by atomic mass is 127. The van der Waals surface area contributed by atoms with Gasteiger partial charge < -0.3 is 10.6 Å². The van der Waals surface area contributed by atoms with Crippen molar-refractivity contribution >= 4 is 51.5 Å². The van der Waals surface area contributed by atoms with Gasteiger partial charge in [-0.1, -0.05) is 30.7 Å². The zero-order chi connectivity index (χ0) is 15.4. The Morgan fingerprint density at radius 2 is 2.00 bits per heavy atom.